The molecule has 1 aliphatic rings. The summed E-state index contributed by atoms with van der Waals surface area (Å²) >= 11 is 3.05. The molecule has 2 N–H and O–H groups in total. The molecule has 0 bridgehead atoms. The van der Waals surface area contributed by atoms with Gasteiger partial charge in [0.2, 0.25) is 0 Å². The Morgan fingerprint density at radius 3 is 3.00 bits per heavy atom. The van der Waals surface area contributed by atoms with Crippen molar-refractivity contribution in [3.8, 4) is 0 Å². The summed E-state index contributed by atoms with van der Waals surface area (Å²) in [6, 6.07) is 6.76. The van der Waals surface area contributed by atoms with Crippen molar-refractivity contribution in [1.82, 2.24) is 9.59 Å². The summed E-state index contributed by atoms with van der Waals surface area (Å²) in [5.74, 6) is 0.807. The van der Waals surface area contributed by atoms with Gasteiger partial charge >= 0.3 is 0 Å². The first-order valence-electron chi connectivity index (χ1n) is 5.64. The number of benzene rings is 1. The molecular weight excluding hydrogens is 250 g/mol. The lowest BCUT2D eigenvalue weighted by molar-refractivity contribution is 0.911. The Kier molecular flexibility index (Phi) is 3.03. The Labute approximate surface area is 109 Å². The van der Waals surface area contributed by atoms with Gasteiger partial charge in [0, 0.05) is 22.2 Å². The molecule has 88 valence electrons. The molecule has 17 heavy (non-hydrogen) atoms. The molecule has 0 saturated carbocycles. The predicted octanol–water partition coefficient (Wildman–Crippen LogP) is 2.90. The van der Waals surface area contributed by atoms with Gasteiger partial charge in [-0.1, -0.05) is 10.6 Å². The fourth-order valence-electron chi connectivity index (χ4n) is 2.11. The van der Waals surface area contributed by atoms with Gasteiger partial charge in [0.25, 0.3) is 0 Å². The van der Waals surface area contributed by atoms with E-state index in [1.54, 1.807) is 11.8 Å². The zero-order valence-corrected chi connectivity index (χ0v) is 11.0. The number of hydrogen-bond acceptors (Lipinski definition) is 5. The highest BCUT2D eigenvalue weighted by Crippen LogP contribution is 2.30. The maximum absolute atomic E-state index is 5.78. The first-order chi connectivity index (χ1) is 8.33. The molecule has 0 aliphatic heterocycles. The van der Waals surface area contributed by atoms with Gasteiger partial charge in [0.15, 0.2) is 0 Å². The van der Waals surface area contributed by atoms with Gasteiger partial charge in [-0.3, -0.25) is 0 Å². The number of nitrogens with zero attached hydrogens (tertiary/aromatic N) is 2. The van der Waals surface area contributed by atoms with Crippen molar-refractivity contribution in [2.45, 2.75) is 29.9 Å². The zero-order valence-electron chi connectivity index (χ0n) is 9.35. The first kappa shape index (κ1) is 11.0. The quantitative estimate of drug-likeness (QED) is 0.865. The number of aromatic nitrogens is 2. The molecule has 0 unspecified atom stereocenters. The van der Waals surface area contributed by atoms with Crippen LogP contribution in [-0.4, -0.2) is 9.59 Å². The Morgan fingerprint density at radius 2 is 2.18 bits per heavy atom. The van der Waals surface area contributed by atoms with Crippen molar-refractivity contribution in [3.05, 3.63) is 35.0 Å². The minimum Gasteiger partial charge on any atom is -0.388 e. The van der Waals surface area contributed by atoms with Crippen LogP contribution in [0.15, 0.2) is 23.1 Å². The summed E-state index contributed by atoms with van der Waals surface area (Å²) in [6.45, 7) is 0. The molecule has 5 heteroatoms. The van der Waals surface area contributed by atoms with Crippen LogP contribution < -0.4 is 5.73 Å². The number of rotatable bonds is 3. The molecule has 1 heterocycles. The van der Waals surface area contributed by atoms with Crippen LogP contribution in [0.25, 0.3) is 0 Å². The van der Waals surface area contributed by atoms with E-state index in [1.165, 1.54) is 46.8 Å². The largest absolute Gasteiger partial charge is 0.388 e. The Balaban J connectivity index is 1.72. The molecule has 2 aromatic rings. The summed E-state index contributed by atoms with van der Waals surface area (Å²) in [6.07, 6.45) is 3.76. The second kappa shape index (κ2) is 4.66. The molecule has 0 fully saturated rings. The molecular formula is C12H13N3S2. The van der Waals surface area contributed by atoms with Gasteiger partial charge in [-0.05, 0) is 42.5 Å². The van der Waals surface area contributed by atoms with Crippen molar-refractivity contribution in [3.63, 3.8) is 0 Å². The molecule has 0 saturated heterocycles. The van der Waals surface area contributed by atoms with E-state index in [9.17, 15) is 0 Å². The summed E-state index contributed by atoms with van der Waals surface area (Å²) in [7, 11) is 0. The van der Waals surface area contributed by atoms with Crippen molar-refractivity contribution < 1.29 is 0 Å². The second-order valence-electron chi connectivity index (χ2n) is 4.16. The number of nitrogen functional groups attached to an aromatic ring is 1. The normalized spacial score (nSPS) is 13.9. The van der Waals surface area contributed by atoms with Crippen LogP contribution in [0.5, 0.6) is 0 Å². The Hall–Kier alpha value is -1.07. The Morgan fingerprint density at radius 1 is 1.29 bits per heavy atom. The summed E-state index contributed by atoms with van der Waals surface area (Å²) in [5.41, 5.74) is 9.71. The van der Waals surface area contributed by atoms with Crippen LogP contribution >= 0.6 is 23.3 Å². The Bertz CT molecular complexity index is 536. The molecule has 3 nitrogen and oxygen atoms in total. The van der Waals surface area contributed by atoms with Crippen LogP contribution in [-0.2, 0) is 18.6 Å². The number of thioether (sulfide) groups is 1. The average molecular weight is 263 g/mol. The molecule has 1 aromatic heterocycles. The van der Waals surface area contributed by atoms with E-state index < -0.39 is 0 Å². The second-order valence-corrected chi connectivity index (χ2v) is 5.99. The number of fused-ring (bicyclic) bond motifs is 1. The summed E-state index contributed by atoms with van der Waals surface area (Å²) in [4.78, 5) is 1.30. The lowest BCUT2D eigenvalue weighted by Crippen LogP contribution is -1.89. The van der Waals surface area contributed by atoms with Gasteiger partial charge in [0.1, 0.15) is 10.7 Å². The third kappa shape index (κ3) is 2.30. The number of anilines is 1. The van der Waals surface area contributed by atoms with E-state index in [4.69, 9.17) is 5.73 Å². The van der Waals surface area contributed by atoms with Crippen molar-refractivity contribution >= 4 is 28.3 Å². The topological polar surface area (TPSA) is 51.8 Å². The number of hydrogen-bond donors (Lipinski definition) is 1. The molecule has 0 radical (unpaired) electrons. The highest BCUT2D eigenvalue weighted by molar-refractivity contribution is 7.98. The van der Waals surface area contributed by atoms with Crippen LogP contribution in [0.1, 0.15) is 23.2 Å². The SMILES string of the molecule is Nc1snnc1CSc1ccc2c(c1)CCC2. The van der Waals surface area contributed by atoms with E-state index >= 15 is 0 Å². The number of nitrogens with two attached hydrogens (primary N) is 1. The van der Waals surface area contributed by atoms with Crippen LogP contribution in [0, 0.1) is 0 Å². The van der Waals surface area contributed by atoms with Crippen molar-refractivity contribution in [1.29, 1.82) is 0 Å². The smallest absolute Gasteiger partial charge is 0.131 e. The van der Waals surface area contributed by atoms with Gasteiger partial charge in [-0.2, -0.15) is 0 Å². The van der Waals surface area contributed by atoms with Gasteiger partial charge in [-0.25, -0.2) is 0 Å². The lowest BCUT2D eigenvalue weighted by atomic mass is 10.1. The van der Waals surface area contributed by atoms with E-state index in [2.05, 4.69) is 27.8 Å². The molecule has 1 aromatic carbocycles. The predicted molar refractivity (Wildman–Crippen MR) is 72.3 cm³/mol. The average Bonchev–Trinajstić information content (AvgIpc) is 2.94. The maximum Gasteiger partial charge on any atom is 0.131 e. The van der Waals surface area contributed by atoms with Crippen LogP contribution in [0.2, 0.25) is 0 Å². The molecule has 0 atom stereocenters. The van der Waals surface area contributed by atoms with Crippen LogP contribution in [0.3, 0.4) is 0 Å². The van der Waals surface area contributed by atoms with E-state index in [-0.39, 0.29) is 0 Å². The highest BCUT2D eigenvalue weighted by Gasteiger charge is 2.11. The lowest BCUT2D eigenvalue weighted by Gasteiger charge is -2.03. The maximum atomic E-state index is 5.78. The monoisotopic (exact) mass is 263 g/mol. The molecule has 0 amide bonds. The molecule has 3 rings (SSSR count). The fourth-order valence-corrected chi connectivity index (χ4v) is 3.55. The minimum atomic E-state index is 0.735. The first-order valence-corrected chi connectivity index (χ1v) is 7.40. The minimum absolute atomic E-state index is 0.735. The number of aryl methyl sites for hydroxylation is 2. The van der Waals surface area contributed by atoms with Crippen molar-refractivity contribution in [2.24, 2.45) is 0 Å². The molecule has 0 spiro atoms. The fraction of sp³-hybridized carbons (Fsp3) is 0.333. The zero-order chi connectivity index (χ0) is 11.7. The third-order valence-corrected chi connectivity index (χ3v) is 4.63. The van der Waals surface area contributed by atoms with E-state index in [1.807, 2.05) is 0 Å². The summed E-state index contributed by atoms with van der Waals surface area (Å²) in [5, 5.41) is 4.76. The van der Waals surface area contributed by atoms with Crippen molar-refractivity contribution in [2.75, 3.05) is 5.73 Å². The van der Waals surface area contributed by atoms with Gasteiger partial charge in [0.05, 0.1) is 0 Å². The van der Waals surface area contributed by atoms with Crippen LogP contribution in [0.4, 0.5) is 5.00 Å². The van der Waals surface area contributed by atoms with Gasteiger partial charge < -0.3 is 5.73 Å². The molecule has 1 aliphatic carbocycles. The van der Waals surface area contributed by atoms with Gasteiger partial charge in [-0.15, -0.1) is 16.9 Å². The standard InChI is InChI=1S/C12H13N3S2/c13-12-11(14-15-17-12)7-16-10-5-4-8-2-1-3-9(8)6-10/h4-6H,1-3,7,13H2. The van der Waals surface area contributed by atoms with E-state index in [0.29, 0.717) is 0 Å². The highest BCUT2D eigenvalue weighted by atomic mass is 32.2. The van der Waals surface area contributed by atoms with E-state index in [0.717, 1.165) is 16.4 Å². The third-order valence-electron chi connectivity index (χ3n) is 3.03. The summed E-state index contributed by atoms with van der Waals surface area (Å²) < 4.78 is 3.85.